The Kier molecular flexibility index (Phi) is 4.71. The summed E-state index contributed by atoms with van der Waals surface area (Å²) < 4.78 is 19.7. The van der Waals surface area contributed by atoms with Crippen molar-refractivity contribution in [2.75, 3.05) is 0 Å². The number of hydrogen-bond donors (Lipinski definition) is 1. The first-order valence-corrected chi connectivity index (χ1v) is 7.91. The minimum Gasteiger partial charge on any atom is -0.455 e. The lowest BCUT2D eigenvalue weighted by atomic mass is 10.2. The molecule has 112 valence electrons. The quantitative estimate of drug-likeness (QED) is 0.728. The Morgan fingerprint density at radius 3 is 2.32 bits per heavy atom. The van der Waals surface area contributed by atoms with Gasteiger partial charge in [-0.1, -0.05) is 40.2 Å². The average molecular weight is 361 g/mol. The molecule has 0 spiro atoms. The molecule has 4 heteroatoms. The van der Waals surface area contributed by atoms with Gasteiger partial charge in [-0.15, -0.1) is 0 Å². The van der Waals surface area contributed by atoms with Gasteiger partial charge in [-0.05, 0) is 36.4 Å². The van der Waals surface area contributed by atoms with Gasteiger partial charge < -0.3 is 9.73 Å². The van der Waals surface area contributed by atoms with Gasteiger partial charge in [0.2, 0.25) is 0 Å². The summed E-state index contributed by atoms with van der Waals surface area (Å²) in [5.41, 5.74) is 2.16. The van der Waals surface area contributed by atoms with Gasteiger partial charge in [0.1, 0.15) is 24.7 Å². The molecule has 0 fully saturated rings. The summed E-state index contributed by atoms with van der Waals surface area (Å²) in [4.78, 5) is 0. The summed E-state index contributed by atoms with van der Waals surface area (Å²) in [6.45, 7) is 1.56. The third kappa shape index (κ3) is 3.84. The van der Waals surface area contributed by atoms with Gasteiger partial charge in [0.05, 0.1) is 0 Å². The Hall–Kier alpha value is -1.91. The molecule has 0 aliphatic rings. The summed E-state index contributed by atoms with van der Waals surface area (Å²) in [6.07, 6.45) is 0. The zero-order valence-corrected chi connectivity index (χ0v) is 13.5. The standard InChI is InChI=1S/C18H15BrFNO/c19-15-5-3-14(4-6-15)18-10-9-17(22-18)12-21-11-13-1-7-16(20)8-2-13/h1-10,21H,11-12H2/p+1. The zero-order chi connectivity index (χ0) is 15.4. The first-order valence-electron chi connectivity index (χ1n) is 7.11. The minimum atomic E-state index is -0.200. The number of quaternary nitrogens is 1. The first-order chi connectivity index (χ1) is 10.7. The SMILES string of the molecule is Fc1ccc(C[NH2+]Cc2ccc(-c3ccc(Br)cc3)o2)cc1. The molecule has 2 N–H and O–H groups in total. The van der Waals surface area contributed by atoms with Crippen LogP contribution in [0.2, 0.25) is 0 Å². The van der Waals surface area contributed by atoms with Crippen molar-refractivity contribution in [3.63, 3.8) is 0 Å². The highest BCUT2D eigenvalue weighted by atomic mass is 79.9. The lowest BCUT2D eigenvalue weighted by Crippen LogP contribution is -2.80. The molecule has 22 heavy (non-hydrogen) atoms. The van der Waals surface area contributed by atoms with Gasteiger partial charge >= 0.3 is 0 Å². The number of hydrogen-bond acceptors (Lipinski definition) is 1. The molecule has 0 atom stereocenters. The van der Waals surface area contributed by atoms with Crippen molar-refractivity contribution in [3.8, 4) is 11.3 Å². The lowest BCUT2D eigenvalue weighted by molar-refractivity contribution is -0.687. The molecule has 2 aromatic carbocycles. The van der Waals surface area contributed by atoms with E-state index >= 15 is 0 Å². The number of nitrogens with two attached hydrogens (primary N) is 1. The van der Waals surface area contributed by atoms with Gasteiger partial charge in [0, 0.05) is 15.6 Å². The highest BCUT2D eigenvalue weighted by Gasteiger charge is 2.06. The van der Waals surface area contributed by atoms with E-state index in [1.54, 1.807) is 12.1 Å². The average Bonchev–Trinajstić information content (AvgIpc) is 2.99. The Balaban J connectivity index is 1.57. The van der Waals surface area contributed by atoms with Gasteiger partial charge in [0.25, 0.3) is 0 Å². The smallest absolute Gasteiger partial charge is 0.158 e. The van der Waals surface area contributed by atoms with Crippen LogP contribution in [0.4, 0.5) is 4.39 Å². The molecular weight excluding hydrogens is 345 g/mol. The molecule has 0 radical (unpaired) electrons. The van der Waals surface area contributed by atoms with E-state index < -0.39 is 0 Å². The number of furan rings is 1. The monoisotopic (exact) mass is 360 g/mol. The van der Waals surface area contributed by atoms with Crippen molar-refractivity contribution in [2.45, 2.75) is 13.1 Å². The number of rotatable bonds is 5. The summed E-state index contributed by atoms with van der Waals surface area (Å²) in [7, 11) is 0. The number of benzene rings is 2. The second-order valence-corrected chi connectivity index (χ2v) is 6.01. The normalized spacial score (nSPS) is 10.8. The summed E-state index contributed by atoms with van der Waals surface area (Å²) in [6, 6.07) is 18.6. The maximum absolute atomic E-state index is 12.8. The van der Waals surface area contributed by atoms with E-state index in [4.69, 9.17) is 4.42 Å². The van der Waals surface area contributed by atoms with E-state index in [-0.39, 0.29) is 5.82 Å². The molecule has 0 saturated carbocycles. The van der Waals surface area contributed by atoms with Crippen LogP contribution in [0.5, 0.6) is 0 Å². The van der Waals surface area contributed by atoms with Crippen LogP contribution in [-0.2, 0) is 13.1 Å². The molecule has 0 saturated heterocycles. The van der Waals surface area contributed by atoms with Crippen LogP contribution in [-0.4, -0.2) is 0 Å². The van der Waals surface area contributed by atoms with Crippen LogP contribution in [0.25, 0.3) is 11.3 Å². The molecule has 0 aliphatic carbocycles. The predicted octanol–water partition coefficient (Wildman–Crippen LogP) is 4.11. The van der Waals surface area contributed by atoms with Gasteiger partial charge in [0.15, 0.2) is 5.76 Å². The minimum absolute atomic E-state index is 0.200. The van der Waals surface area contributed by atoms with E-state index in [0.717, 1.165) is 40.2 Å². The van der Waals surface area contributed by atoms with Crippen molar-refractivity contribution in [2.24, 2.45) is 0 Å². The largest absolute Gasteiger partial charge is 0.455 e. The van der Waals surface area contributed by atoms with E-state index in [1.807, 2.05) is 36.4 Å². The third-order valence-electron chi connectivity index (χ3n) is 3.43. The van der Waals surface area contributed by atoms with Gasteiger partial charge in [-0.25, -0.2) is 4.39 Å². The van der Waals surface area contributed by atoms with Crippen molar-refractivity contribution < 1.29 is 14.1 Å². The molecule has 0 amide bonds. The maximum Gasteiger partial charge on any atom is 0.158 e. The molecule has 1 aromatic heterocycles. The van der Waals surface area contributed by atoms with Crippen molar-refractivity contribution in [3.05, 3.63) is 82.3 Å². The highest BCUT2D eigenvalue weighted by molar-refractivity contribution is 9.10. The van der Waals surface area contributed by atoms with E-state index in [1.165, 1.54) is 12.1 Å². The van der Waals surface area contributed by atoms with Gasteiger partial charge in [-0.3, -0.25) is 0 Å². The fraction of sp³-hybridized carbons (Fsp3) is 0.111. The Bertz CT molecular complexity index is 735. The van der Waals surface area contributed by atoms with E-state index in [2.05, 4.69) is 21.2 Å². The fourth-order valence-electron chi connectivity index (χ4n) is 2.26. The third-order valence-corrected chi connectivity index (χ3v) is 3.96. The highest BCUT2D eigenvalue weighted by Crippen LogP contribution is 2.23. The van der Waals surface area contributed by atoms with Crippen molar-refractivity contribution >= 4 is 15.9 Å². The zero-order valence-electron chi connectivity index (χ0n) is 11.9. The molecular formula is C18H16BrFNO+. The fourth-order valence-corrected chi connectivity index (χ4v) is 2.52. The number of halogens is 2. The van der Waals surface area contributed by atoms with Crippen LogP contribution >= 0.6 is 15.9 Å². The molecule has 3 rings (SSSR count). The second-order valence-electron chi connectivity index (χ2n) is 5.10. The van der Waals surface area contributed by atoms with Crippen LogP contribution in [0, 0.1) is 5.82 Å². The summed E-state index contributed by atoms with van der Waals surface area (Å²) in [5, 5.41) is 2.14. The summed E-state index contributed by atoms with van der Waals surface area (Å²) >= 11 is 3.42. The van der Waals surface area contributed by atoms with Crippen LogP contribution in [0.3, 0.4) is 0 Å². The van der Waals surface area contributed by atoms with E-state index in [9.17, 15) is 4.39 Å². The molecule has 2 nitrogen and oxygen atoms in total. The summed E-state index contributed by atoms with van der Waals surface area (Å²) in [5.74, 6) is 1.60. The molecule has 0 aliphatic heterocycles. The lowest BCUT2D eigenvalue weighted by Gasteiger charge is -2.01. The second kappa shape index (κ2) is 6.90. The Morgan fingerprint density at radius 2 is 1.59 bits per heavy atom. The van der Waals surface area contributed by atoms with Crippen LogP contribution < -0.4 is 5.32 Å². The first kappa shape index (κ1) is 15.0. The Labute approximate surface area is 137 Å². The van der Waals surface area contributed by atoms with E-state index in [0.29, 0.717) is 0 Å². The molecule has 0 bridgehead atoms. The molecule has 1 heterocycles. The van der Waals surface area contributed by atoms with Crippen LogP contribution in [0.15, 0.2) is 69.6 Å². The van der Waals surface area contributed by atoms with Gasteiger partial charge in [-0.2, -0.15) is 0 Å². The maximum atomic E-state index is 12.8. The molecule has 3 aromatic rings. The van der Waals surface area contributed by atoms with Crippen LogP contribution in [0.1, 0.15) is 11.3 Å². The Morgan fingerprint density at radius 1 is 0.864 bits per heavy atom. The topological polar surface area (TPSA) is 29.8 Å². The molecule has 0 unspecified atom stereocenters. The van der Waals surface area contributed by atoms with Crippen molar-refractivity contribution in [1.29, 1.82) is 0 Å². The predicted molar refractivity (Wildman–Crippen MR) is 87.6 cm³/mol. The van der Waals surface area contributed by atoms with Crippen molar-refractivity contribution in [1.82, 2.24) is 0 Å².